The summed E-state index contributed by atoms with van der Waals surface area (Å²) in [5.41, 5.74) is -0.806. The smallest absolute Gasteiger partial charge is 0.417 e. The van der Waals surface area contributed by atoms with Gasteiger partial charge in [-0.1, -0.05) is 35.9 Å². The van der Waals surface area contributed by atoms with Crippen LogP contribution in [0.3, 0.4) is 0 Å². The molecule has 0 radical (unpaired) electrons. The number of imide groups is 1. The number of thiocarbonyl (C=S) groups is 1. The van der Waals surface area contributed by atoms with Crippen molar-refractivity contribution in [3.8, 4) is 11.8 Å². The highest BCUT2D eigenvalue weighted by Gasteiger charge is 2.51. The van der Waals surface area contributed by atoms with Crippen molar-refractivity contribution in [2.45, 2.75) is 77.2 Å². The maximum absolute atomic E-state index is 13.7. The number of amides is 3. The Kier molecular flexibility index (Phi) is 12.6. The number of benzene rings is 3. The van der Waals surface area contributed by atoms with Gasteiger partial charge in [-0.25, -0.2) is 0 Å². The van der Waals surface area contributed by atoms with Crippen LogP contribution >= 0.6 is 23.8 Å². The molecular formula is C42H44ClF3N6O5S. The molecule has 3 fully saturated rings. The number of nitriles is 1. The van der Waals surface area contributed by atoms with Crippen LogP contribution in [0.1, 0.15) is 62.8 Å². The van der Waals surface area contributed by atoms with Crippen molar-refractivity contribution in [3.05, 3.63) is 87.9 Å². The van der Waals surface area contributed by atoms with Gasteiger partial charge in [-0.3, -0.25) is 39.2 Å². The molecule has 58 heavy (non-hydrogen) atoms. The summed E-state index contributed by atoms with van der Waals surface area (Å²) in [7, 11) is 0. The zero-order valence-electron chi connectivity index (χ0n) is 32.6. The van der Waals surface area contributed by atoms with Crippen molar-refractivity contribution < 1.29 is 37.1 Å². The largest absolute Gasteiger partial charge is 0.491 e. The summed E-state index contributed by atoms with van der Waals surface area (Å²) in [4.78, 5) is 57.7. The van der Waals surface area contributed by atoms with Crippen LogP contribution in [0.4, 0.5) is 24.5 Å². The Morgan fingerprint density at radius 3 is 2.36 bits per heavy atom. The topological polar surface area (TPSA) is 126 Å². The molecule has 3 atom stereocenters. The lowest BCUT2D eigenvalue weighted by molar-refractivity contribution is -0.138. The molecule has 3 aromatic carbocycles. The van der Waals surface area contributed by atoms with E-state index in [0.29, 0.717) is 50.4 Å². The molecular weight excluding hydrogens is 793 g/mol. The minimum Gasteiger partial charge on any atom is -0.491 e. The van der Waals surface area contributed by atoms with E-state index in [1.54, 1.807) is 38.1 Å². The average Bonchev–Trinajstić information content (AvgIpc) is 3.33. The summed E-state index contributed by atoms with van der Waals surface area (Å²) >= 11 is 12.3. The standard InChI is InChI=1S/C42H44ClF3N6O5S/c1-25-22-49(23-26(2)50(25)24-33(53)18-28-7-5-6-27(16-28)17-29-9-13-37(54)48-38(29)55)14-15-57-36-12-11-32(20-35(36)43)52-40(58)51(39(56)41(52,3)4)31-10-8-30(21-47)34(19-31)42(44,45)46/h5-8,10-12,16,19-20,25-26,29H,9,13-15,17-18,22-24H2,1-4H3,(H,48,54,55)/t25-,26+,29?. The van der Waals surface area contributed by atoms with Gasteiger partial charge in [0.25, 0.3) is 5.91 Å². The van der Waals surface area contributed by atoms with Crippen LogP contribution in [0.25, 0.3) is 0 Å². The number of nitrogens with zero attached hydrogens (tertiary/aromatic N) is 5. The van der Waals surface area contributed by atoms with E-state index in [1.165, 1.54) is 11.0 Å². The fourth-order valence-electron chi connectivity index (χ4n) is 8.02. The summed E-state index contributed by atoms with van der Waals surface area (Å²) < 4.78 is 47.3. The van der Waals surface area contributed by atoms with E-state index in [-0.39, 0.29) is 57.8 Å². The molecule has 3 amide bonds. The number of hydrogen-bond acceptors (Lipinski definition) is 9. The Balaban J connectivity index is 1.01. The maximum Gasteiger partial charge on any atom is 0.417 e. The zero-order valence-corrected chi connectivity index (χ0v) is 34.1. The second-order valence-corrected chi connectivity index (χ2v) is 16.4. The van der Waals surface area contributed by atoms with Gasteiger partial charge in [0.15, 0.2) is 10.9 Å². The molecule has 0 aromatic heterocycles. The van der Waals surface area contributed by atoms with E-state index in [2.05, 4.69) is 29.0 Å². The number of piperazine rings is 1. The minimum atomic E-state index is -4.81. The molecule has 3 saturated heterocycles. The van der Waals surface area contributed by atoms with E-state index in [0.717, 1.165) is 41.2 Å². The Morgan fingerprint density at radius 2 is 1.71 bits per heavy atom. The van der Waals surface area contributed by atoms with E-state index >= 15 is 0 Å². The van der Waals surface area contributed by atoms with Gasteiger partial charge in [0.1, 0.15) is 17.9 Å². The number of nitrogens with one attached hydrogen (secondary N) is 1. The van der Waals surface area contributed by atoms with Gasteiger partial charge in [-0.2, -0.15) is 18.4 Å². The van der Waals surface area contributed by atoms with Crippen molar-refractivity contribution in [3.63, 3.8) is 0 Å². The predicted octanol–water partition coefficient (Wildman–Crippen LogP) is 6.33. The van der Waals surface area contributed by atoms with Crippen LogP contribution in [0.15, 0.2) is 60.7 Å². The number of ketones is 1. The number of carbonyl (C=O) groups is 4. The summed E-state index contributed by atoms with van der Waals surface area (Å²) in [5.74, 6) is -0.778. The molecule has 0 spiro atoms. The fraction of sp³-hybridized carbons (Fsp3) is 0.429. The van der Waals surface area contributed by atoms with Gasteiger partial charge in [-0.05, 0) is 100 Å². The first-order valence-corrected chi connectivity index (χ1v) is 19.8. The van der Waals surface area contributed by atoms with Crippen LogP contribution < -0.4 is 19.9 Å². The highest BCUT2D eigenvalue weighted by Crippen LogP contribution is 2.41. The Labute approximate surface area is 345 Å². The van der Waals surface area contributed by atoms with E-state index < -0.39 is 28.7 Å². The molecule has 306 valence electrons. The Morgan fingerprint density at radius 1 is 1.02 bits per heavy atom. The van der Waals surface area contributed by atoms with E-state index in [4.69, 9.17) is 28.6 Å². The number of ether oxygens (including phenoxy) is 1. The molecule has 16 heteroatoms. The highest BCUT2D eigenvalue weighted by atomic mass is 35.5. The zero-order chi connectivity index (χ0) is 42.1. The fourth-order valence-corrected chi connectivity index (χ4v) is 8.77. The van der Waals surface area contributed by atoms with Crippen molar-refractivity contribution in [2.24, 2.45) is 5.92 Å². The first kappa shape index (κ1) is 42.7. The monoisotopic (exact) mass is 836 g/mol. The van der Waals surface area contributed by atoms with E-state index in [9.17, 15) is 37.6 Å². The average molecular weight is 837 g/mol. The SMILES string of the molecule is C[C@@H]1CN(CCOc2ccc(N3C(=S)N(c4ccc(C#N)c(C(F)(F)F)c4)C(=O)C3(C)C)cc2Cl)C[C@H](C)N1CC(=O)Cc1cccc(CC2CCC(=O)NC2=O)c1. The number of Topliss-reactive ketones (excluding diaryl/α,β-unsaturated/α-hetero) is 1. The van der Waals surface area contributed by atoms with Crippen LogP contribution in [-0.4, -0.2) is 88.8 Å². The predicted molar refractivity (Wildman–Crippen MR) is 217 cm³/mol. The second kappa shape index (κ2) is 17.1. The van der Waals surface area contributed by atoms with Crippen molar-refractivity contribution in [2.75, 3.05) is 42.6 Å². The summed E-state index contributed by atoms with van der Waals surface area (Å²) in [6, 6.07) is 17.5. The third-order valence-corrected chi connectivity index (χ3v) is 11.6. The van der Waals surface area contributed by atoms with Crippen LogP contribution in [-0.2, 0) is 38.2 Å². The summed E-state index contributed by atoms with van der Waals surface area (Å²) in [5, 5.41) is 11.8. The van der Waals surface area contributed by atoms with Gasteiger partial charge >= 0.3 is 6.18 Å². The summed E-state index contributed by atoms with van der Waals surface area (Å²) in [6.07, 6.45) is -3.15. The quantitative estimate of drug-likeness (QED) is 0.164. The van der Waals surface area contributed by atoms with Gasteiger partial charge in [0.05, 0.1) is 34.5 Å². The number of alkyl halides is 3. The molecule has 11 nitrogen and oxygen atoms in total. The molecule has 3 aliphatic rings. The molecule has 0 aliphatic carbocycles. The molecule has 6 rings (SSSR count). The van der Waals surface area contributed by atoms with Gasteiger partial charge in [-0.15, -0.1) is 0 Å². The number of hydrogen-bond donors (Lipinski definition) is 1. The molecule has 3 aliphatic heterocycles. The van der Waals surface area contributed by atoms with Gasteiger partial charge in [0.2, 0.25) is 11.8 Å². The Bertz CT molecular complexity index is 2160. The number of rotatable bonds is 12. The number of anilines is 2. The van der Waals surface area contributed by atoms with Crippen molar-refractivity contribution in [1.82, 2.24) is 15.1 Å². The van der Waals surface area contributed by atoms with Crippen LogP contribution in [0, 0.1) is 17.2 Å². The lowest BCUT2D eigenvalue weighted by Gasteiger charge is -2.44. The second-order valence-electron chi connectivity index (χ2n) is 15.6. The van der Waals surface area contributed by atoms with Gasteiger partial charge in [0, 0.05) is 56.2 Å². The first-order chi connectivity index (χ1) is 27.4. The number of piperidine rings is 1. The molecule has 0 bridgehead atoms. The molecule has 1 unspecified atom stereocenters. The number of halogens is 4. The molecule has 3 aromatic rings. The van der Waals surface area contributed by atoms with Crippen molar-refractivity contribution in [1.29, 1.82) is 5.26 Å². The van der Waals surface area contributed by atoms with E-state index in [1.807, 2.05) is 24.3 Å². The molecule has 1 N–H and O–H groups in total. The lowest BCUT2D eigenvalue weighted by Crippen LogP contribution is -2.58. The third kappa shape index (κ3) is 9.20. The Hall–Kier alpha value is -4.88. The lowest BCUT2D eigenvalue weighted by atomic mass is 9.90. The molecule has 0 saturated carbocycles. The third-order valence-electron chi connectivity index (χ3n) is 11.0. The minimum absolute atomic E-state index is 0.0436. The van der Waals surface area contributed by atoms with Crippen LogP contribution in [0.2, 0.25) is 5.02 Å². The maximum atomic E-state index is 13.7. The summed E-state index contributed by atoms with van der Waals surface area (Å²) in [6.45, 7) is 10.1. The van der Waals surface area contributed by atoms with Crippen molar-refractivity contribution >= 4 is 63.8 Å². The van der Waals surface area contributed by atoms with Crippen LogP contribution in [0.5, 0.6) is 5.75 Å². The molecule has 3 heterocycles. The normalized spacial score (nSPS) is 21.6. The highest BCUT2D eigenvalue weighted by molar-refractivity contribution is 7.81. The van der Waals surface area contributed by atoms with Gasteiger partial charge < -0.3 is 9.64 Å². The number of carbonyl (C=O) groups excluding carboxylic acids is 4. The first-order valence-electron chi connectivity index (χ1n) is 19.0.